The third kappa shape index (κ3) is 46.2. The number of aliphatic carboxylic acids is 1. The second-order valence-electron chi connectivity index (χ2n) is 19.5. The Balaban J connectivity index is 4.17. The van der Waals surface area contributed by atoms with Gasteiger partial charge in [0.05, 0.1) is 34.4 Å². The summed E-state index contributed by atoms with van der Waals surface area (Å²) in [5.74, 6) is -1.49. The number of unbranched alkanes of at least 4 members (excludes halogenated alkanes) is 27. The highest BCUT2D eigenvalue weighted by Gasteiger charge is 2.31. The van der Waals surface area contributed by atoms with Gasteiger partial charge in [-0.15, -0.1) is 0 Å². The van der Waals surface area contributed by atoms with Crippen molar-refractivity contribution >= 4 is 17.9 Å². The molecule has 0 aliphatic heterocycles. The fourth-order valence-electron chi connectivity index (χ4n) is 8.09. The lowest BCUT2D eigenvalue weighted by Gasteiger charge is -2.31. The van der Waals surface area contributed by atoms with E-state index in [-0.39, 0.29) is 36.2 Å². The van der Waals surface area contributed by atoms with Gasteiger partial charge in [-0.05, 0) is 51.4 Å². The minimum atomic E-state index is -0.878. The van der Waals surface area contributed by atoms with E-state index in [0.29, 0.717) is 19.3 Å². The van der Waals surface area contributed by atoms with E-state index in [1.165, 1.54) is 135 Å². The highest BCUT2D eigenvalue weighted by molar-refractivity contribution is 5.72. The zero-order valence-electron chi connectivity index (χ0n) is 43.2. The van der Waals surface area contributed by atoms with Crippen LogP contribution in [0.5, 0.6) is 0 Å². The molecule has 0 aromatic carbocycles. The lowest BCUT2D eigenvalue weighted by molar-refractivity contribution is -0.887. The maximum absolute atomic E-state index is 12.8. The molecule has 0 heterocycles. The van der Waals surface area contributed by atoms with Crippen molar-refractivity contribution in [3.05, 3.63) is 48.6 Å². The van der Waals surface area contributed by atoms with Gasteiger partial charge in [0.15, 0.2) is 12.1 Å². The summed E-state index contributed by atoms with van der Waals surface area (Å²) in [6.07, 6.45) is 58.9. The largest absolute Gasteiger partial charge is 0.477 e. The first kappa shape index (κ1) is 62.3. The van der Waals surface area contributed by atoms with Gasteiger partial charge in [0, 0.05) is 19.3 Å². The summed E-state index contributed by atoms with van der Waals surface area (Å²) in [6, 6.07) is -0.620. The van der Waals surface area contributed by atoms with E-state index in [4.69, 9.17) is 14.2 Å². The summed E-state index contributed by atoms with van der Waals surface area (Å²) in [7, 11) is 5.53. The Morgan fingerprint density at radius 2 is 0.862 bits per heavy atom. The van der Waals surface area contributed by atoms with Gasteiger partial charge in [0.1, 0.15) is 6.61 Å². The van der Waals surface area contributed by atoms with Gasteiger partial charge in [-0.1, -0.05) is 223 Å². The molecular weight excluding hydrogens is 811 g/mol. The number of rotatable bonds is 49. The number of hydrogen-bond acceptors (Lipinski definition) is 6. The van der Waals surface area contributed by atoms with Crippen LogP contribution in [0.25, 0.3) is 0 Å². The molecule has 1 N–H and O–H groups in total. The minimum Gasteiger partial charge on any atom is -0.477 e. The van der Waals surface area contributed by atoms with Crippen molar-refractivity contribution in [2.24, 2.45) is 0 Å². The lowest BCUT2D eigenvalue weighted by Crippen LogP contribution is -2.50. The Kier molecular flexibility index (Phi) is 45.8. The predicted octanol–water partition coefficient (Wildman–Crippen LogP) is 15.9. The molecular formula is C57H104NO7+. The Morgan fingerprint density at radius 3 is 1.28 bits per heavy atom. The van der Waals surface area contributed by atoms with Gasteiger partial charge >= 0.3 is 17.9 Å². The van der Waals surface area contributed by atoms with Crippen molar-refractivity contribution in [2.45, 2.75) is 257 Å². The van der Waals surface area contributed by atoms with Crippen molar-refractivity contribution in [1.29, 1.82) is 0 Å². The SMILES string of the molecule is CC/C=C\C/C=C\C/C=C\C/C=C\CCCCCCC(=O)OC(COCCC(C(=O)O)[N+](C)(C)C)COC(=O)CCCCCCCCCCCCCCCCCCCCCCCCCC. The quantitative estimate of drug-likeness (QED) is 0.0281. The molecule has 2 atom stereocenters. The molecule has 8 heteroatoms. The maximum Gasteiger partial charge on any atom is 0.362 e. The second kappa shape index (κ2) is 47.8. The molecule has 0 aliphatic carbocycles. The summed E-state index contributed by atoms with van der Waals surface area (Å²) < 4.78 is 17.4. The zero-order chi connectivity index (χ0) is 47.7. The van der Waals surface area contributed by atoms with Crippen LogP contribution in [0.3, 0.4) is 0 Å². The maximum atomic E-state index is 12.8. The average Bonchev–Trinajstić information content (AvgIpc) is 3.27. The van der Waals surface area contributed by atoms with Gasteiger partial charge < -0.3 is 23.8 Å². The van der Waals surface area contributed by atoms with Crippen LogP contribution in [0.2, 0.25) is 0 Å². The fraction of sp³-hybridized carbons (Fsp3) is 0.807. The summed E-state index contributed by atoms with van der Waals surface area (Å²) in [5.41, 5.74) is 0. The first-order valence-corrected chi connectivity index (χ1v) is 27.2. The van der Waals surface area contributed by atoms with Crippen LogP contribution in [-0.4, -0.2) is 80.6 Å². The Morgan fingerprint density at radius 1 is 0.477 bits per heavy atom. The summed E-state index contributed by atoms with van der Waals surface area (Å²) in [5, 5.41) is 9.66. The van der Waals surface area contributed by atoms with Gasteiger partial charge in [-0.25, -0.2) is 4.79 Å². The summed E-state index contributed by atoms with van der Waals surface area (Å²) >= 11 is 0. The van der Waals surface area contributed by atoms with Crippen LogP contribution in [0.4, 0.5) is 0 Å². The number of esters is 2. The van der Waals surface area contributed by atoms with Crippen LogP contribution in [0.15, 0.2) is 48.6 Å². The molecule has 0 radical (unpaired) electrons. The summed E-state index contributed by atoms with van der Waals surface area (Å²) in [4.78, 5) is 37.2. The standard InChI is InChI=1S/C57H103NO7/c1-6-8-10-12-14-16-18-20-22-24-25-26-27-28-29-30-32-33-35-37-39-41-43-45-47-55(59)64-52-53(51-63-50-49-54(57(61)62)58(3,4)5)65-56(60)48-46-44-42-40-38-36-34-31-23-21-19-17-15-13-11-9-7-2/h9,11,15,17,21,23,34,36,53-54H,6-8,10,12-14,16,18-20,22,24-33,35,37-52H2,1-5H3/p+1/b11-9-,17-15-,23-21-,36-34-. The number of hydrogen-bond donors (Lipinski definition) is 1. The summed E-state index contributed by atoms with van der Waals surface area (Å²) in [6.45, 7) is 4.63. The van der Waals surface area contributed by atoms with E-state index < -0.39 is 18.1 Å². The number of carbonyl (C=O) groups excluding carboxylic acids is 2. The third-order valence-corrected chi connectivity index (χ3v) is 12.2. The smallest absolute Gasteiger partial charge is 0.362 e. The van der Waals surface area contributed by atoms with Crippen LogP contribution >= 0.6 is 0 Å². The molecule has 0 amide bonds. The molecule has 0 saturated heterocycles. The average molecular weight is 915 g/mol. The van der Waals surface area contributed by atoms with E-state index in [1.54, 1.807) is 0 Å². The number of likely N-dealkylation sites (N-methyl/N-ethyl adjacent to an activating group) is 1. The van der Waals surface area contributed by atoms with Gasteiger partial charge in [0.25, 0.3) is 0 Å². The third-order valence-electron chi connectivity index (χ3n) is 12.2. The molecule has 8 nitrogen and oxygen atoms in total. The fourth-order valence-corrected chi connectivity index (χ4v) is 8.09. The van der Waals surface area contributed by atoms with Crippen molar-refractivity contribution in [1.82, 2.24) is 0 Å². The number of carboxylic acid groups (broad SMARTS) is 1. The monoisotopic (exact) mass is 915 g/mol. The molecule has 2 unspecified atom stereocenters. The van der Waals surface area contributed by atoms with E-state index in [9.17, 15) is 19.5 Å². The molecule has 0 fully saturated rings. The molecule has 0 aliphatic rings. The number of nitrogens with zero attached hydrogens (tertiary/aromatic N) is 1. The minimum absolute atomic E-state index is 0.0524. The molecule has 378 valence electrons. The number of carbonyl (C=O) groups is 3. The molecule has 0 aromatic heterocycles. The van der Waals surface area contributed by atoms with Crippen molar-refractivity contribution < 1.29 is 38.2 Å². The first-order chi connectivity index (χ1) is 31.6. The second-order valence-corrected chi connectivity index (χ2v) is 19.5. The van der Waals surface area contributed by atoms with Crippen LogP contribution in [0, 0.1) is 0 Å². The van der Waals surface area contributed by atoms with E-state index >= 15 is 0 Å². The Bertz CT molecular complexity index is 1200. The van der Waals surface area contributed by atoms with E-state index in [2.05, 4.69) is 62.5 Å². The Hall–Kier alpha value is -2.71. The molecule has 0 saturated carbocycles. The first-order valence-electron chi connectivity index (χ1n) is 27.2. The van der Waals surface area contributed by atoms with Gasteiger partial charge in [-0.2, -0.15) is 0 Å². The van der Waals surface area contributed by atoms with E-state index in [0.717, 1.165) is 77.0 Å². The van der Waals surface area contributed by atoms with E-state index in [1.807, 2.05) is 21.1 Å². The van der Waals surface area contributed by atoms with Crippen molar-refractivity contribution in [3.8, 4) is 0 Å². The predicted molar refractivity (Wildman–Crippen MR) is 275 cm³/mol. The lowest BCUT2D eigenvalue weighted by atomic mass is 10.0. The van der Waals surface area contributed by atoms with Gasteiger partial charge in [0.2, 0.25) is 0 Å². The highest BCUT2D eigenvalue weighted by atomic mass is 16.6. The molecule has 0 bridgehead atoms. The molecule has 0 rings (SSSR count). The number of quaternary nitrogens is 1. The van der Waals surface area contributed by atoms with Crippen LogP contribution < -0.4 is 0 Å². The normalized spacial score (nSPS) is 13.2. The van der Waals surface area contributed by atoms with Crippen molar-refractivity contribution in [3.63, 3.8) is 0 Å². The number of carboxylic acids is 1. The van der Waals surface area contributed by atoms with Gasteiger partial charge in [-0.3, -0.25) is 9.59 Å². The Labute approximate surface area is 401 Å². The topological polar surface area (TPSA) is 99.1 Å². The number of ether oxygens (including phenoxy) is 3. The highest BCUT2D eigenvalue weighted by Crippen LogP contribution is 2.17. The number of allylic oxidation sites excluding steroid dienone is 8. The molecule has 0 aromatic rings. The molecule has 65 heavy (non-hydrogen) atoms. The van der Waals surface area contributed by atoms with Crippen LogP contribution in [-0.2, 0) is 28.6 Å². The molecule has 0 spiro atoms. The van der Waals surface area contributed by atoms with Crippen LogP contribution in [0.1, 0.15) is 245 Å². The zero-order valence-corrected chi connectivity index (χ0v) is 43.2. The van der Waals surface area contributed by atoms with Crippen molar-refractivity contribution in [2.75, 3.05) is 41.0 Å².